The molecule has 0 saturated heterocycles. The minimum absolute atomic E-state index is 0.177. The average molecular weight is 373 g/mol. The quantitative estimate of drug-likeness (QED) is 0.864. The van der Waals surface area contributed by atoms with Crippen molar-refractivity contribution in [2.75, 3.05) is 11.9 Å². The van der Waals surface area contributed by atoms with Gasteiger partial charge in [-0.3, -0.25) is 10.1 Å². The van der Waals surface area contributed by atoms with E-state index in [0.29, 0.717) is 30.2 Å². The number of rotatable bonds is 2. The molecule has 0 bridgehead atoms. The number of nitrogens with zero attached hydrogens (tertiary/aromatic N) is 2. The molecule has 2 amide bonds. The predicted molar refractivity (Wildman–Crippen MR) is 102 cm³/mol. The van der Waals surface area contributed by atoms with Crippen LogP contribution in [-0.4, -0.2) is 34.0 Å². The Balaban J connectivity index is 1.68. The molecule has 1 aromatic carbocycles. The molecule has 1 aliphatic rings. The number of anilines is 1. The highest BCUT2D eigenvalue weighted by atomic mass is 32.1. The molecule has 1 N–H and O–H groups in total. The van der Waals surface area contributed by atoms with Gasteiger partial charge in [0.2, 0.25) is 0 Å². The first-order valence-electron chi connectivity index (χ1n) is 8.56. The van der Waals surface area contributed by atoms with Crippen molar-refractivity contribution < 1.29 is 14.3 Å². The minimum atomic E-state index is -0.516. The highest BCUT2D eigenvalue weighted by Crippen LogP contribution is 2.29. The van der Waals surface area contributed by atoms with Gasteiger partial charge in [0.25, 0.3) is 5.91 Å². The van der Waals surface area contributed by atoms with Gasteiger partial charge in [-0.15, -0.1) is 0 Å². The van der Waals surface area contributed by atoms with Crippen molar-refractivity contribution in [3.05, 3.63) is 46.0 Å². The first-order chi connectivity index (χ1) is 12.2. The minimum Gasteiger partial charge on any atom is -0.444 e. The first-order valence-corrected chi connectivity index (χ1v) is 9.37. The van der Waals surface area contributed by atoms with Crippen molar-refractivity contribution in [1.29, 1.82) is 0 Å². The van der Waals surface area contributed by atoms with Gasteiger partial charge in [0, 0.05) is 23.4 Å². The van der Waals surface area contributed by atoms with Crippen LogP contribution in [0.3, 0.4) is 0 Å². The van der Waals surface area contributed by atoms with Crippen LogP contribution >= 0.6 is 11.3 Å². The van der Waals surface area contributed by atoms with Crippen LogP contribution in [0.15, 0.2) is 24.3 Å². The van der Waals surface area contributed by atoms with Gasteiger partial charge in [-0.25, -0.2) is 9.78 Å². The Morgan fingerprint density at radius 3 is 2.77 bits per heavy atom. The fourth-order valence-corrected chi connectivity index (χ4v) is 3.71. The highest BCUT2D eigenvalue weighted by Gasteiger charge is 2.28. The van der Waals surface area contributed by atoms with Crippen LogP contribution < -0.4 is 5.32 Å². The molecular weight excluding hydrogens is 350 g/mol. The molecule has 0 spiro atoms. The number of aryl methyl sites for hydroxylation is 1. The number of carbonyl (C=O) groups excluding carboxylic acids is 2. The normalized spacial score (nSPS) is 13.9. The second-order valence-electron chi connectivity index (χ2n) is 7.36. The van der Waals surface area contributed by atoms with Crippen molar-refractivity contribution in [2.45, 2.75) is 46.3 Å². The van der Waals surface area contributed by atoms with Gasteiger partial charge in [0.1, 0.15) is 5.60 Å². The van der Waals surface area contributed by atoms with Crippen molar-refractivity contribution in [2.24, 2.45) is 0 Å². The standard InChI is InChI=1S/C19H23N3O3S/c1-12-6-5-7-13(10-12)16(23)21-17-20-14-8-9-22(11-15(14)26-17)18(24)25-19(2,3)4/h5-7,10H,8-9,11H2,1-4H3,(H,20,21,23). The first kappa shape index (κ1) is 18.4. The largest absolute Gasteiger partial charge is 0.444 e. The average Bonchev–Trinajstić information content (AvgIpc) is 2.94. The maximum atomic E-state index is 12.4. The SMILES string of the molecule is Cc1cccc(C(=O)Nc2nc3c(s2)CN(C(=O)OC(C)(C)C)CC3)c1. The molecule has 0 fully saturated rings. The Morgan fingerprint density at radius 1 is 1.31 bits per heavy atom. The number of aromatic nitrogens is 1. The zero-order valence-corrected chi connectivity index (χ0v) is 16.3. The third-order valence-corrected chi connectivity index (χ3v) is 4.88. The van der Waals surface area contributed by atoms with E-state index in [9.17, 15) is 9.59 Å². The van der Waals surface area contributed by atoms with Gasteiger partial charge < -0.3 is 9.64 Å². The van der Waals surface area contributed by atoms with Crippen molar-refractivity contribution in [3.63, 3.8) is 0 Å². The van der Waals surface area contributed by atoms with Crippen LogP contribution in [0.5, 0.6) is 0 Å². The summed E-state index contributed by atoms with van der Waals surface area (Å²) in [6.07, 6.45) is 0.340. The van der Waals surface area contributed by atoms with E-state index in [0.717, 1.165) is 16.1 Å². The van der Waals surface area contributed by atoms with Gasteiger partial charge >= 0.3 is 6.09 Å². The molecule has 0 aliphatic carbocycles. The summed E-state index contributed by atoms with van der Waals surface area (Å²) >= 11 is 1.41. The van der Waals surface area contributed by atoms with Crippen LogP contribution in [0.2, 0.25) is 0 Å². The molecule has 1 aliphatic heterocycles. The molecule has 3 rings (SSSR count). The Labute approximate surface area is 157 Å². The molecule has 0 unspecified atom stereocenters. The lowest BCUT2D eigenvalue weighted by atomic mass is 10.1. The lowest BCUT2D eigenvalue weighted by Gasteiger charge is -2.29. The van der Waals surface area contributed by atoms with Gasteiger partial charge in [-0.1, -0.05) is 29.0 Å². The van der Waals surface area contributed by atoms with Gasteiger partial charge in [-0.2, -0.15) is 0 Å². The molecule has 0 radical (unpaired) electrons. The molecule has 1 aromatic heterocycles. The van der Waals surface area contributed by atoms with Crippen LogP contribution in [0.25, 0.3) is 0 Å². The number of benzene rings is 1. The second kappa shape index (κ2) is 7.07. The second-order valence-corrected chi connectivity index (χ2v) is 8.45. The zero-order chi connectivity index (χ0) is 18.9. The fraction of sp³-hybridized carbons (Fsp3) is 0.421. The van der Waals surface area contributed by atoms with E-state index >= 15 is 0 Å². The molecule has 6 nitrogen and oxygen atoms in total. The summed E-state index contributed by atoms with van der Waals surface area (Å²) in [5.74, 6) is -0.177. The molecule has 26 heavy (non-hydrogen) atoms. The van der Waals surface area contributed by atoms with Gasteiger partial charge in [0.15, 0.2) is 5.13 Å². The summed E-state index contributed by atoms with van der Waals surface area (Å²) in [6, 6.07) is 7.42. The van der Waals surface area contributed by atoms with Gasteiger partial charge in [-0.05, 0) is 39.8 Å². The highest BCUT2D eigenvalue weighted by molar-refractivity contribution is 7.15. The van der Waals surface area contributed by atoms with E-state index in [1.807, 2.05) is 45.9 Å². The van der Waals surface area contributed by atoms with Crippen LogP contribution in [0.1, 0.15) is 47.3 Å². The maximum absolute atomic E-state index is 12.4. The Morgan fingerprint density at radius 2 is 2.08 bits per heavy atom. The van der Waals surface area contributed by atoms with Crippen LogP contribution in [-0.2, 0) is 17.7 Å². The molecule has 2 aromatic rings. The van der Waals surface area contributed by atoms with E-state index in [-0.39, 0.29) is 12.0 Å². The molecule has 0 saturated carbocycles. The van der Waals surface area contributed by atoms with E-state index in [4.69, 9.17) is 4.74 Å². The number of hydrogen-bond donors (Lipinski definition) is 1. The number of hydrogen-bond acceptors (Lipinski definition) is 5. The number of fused-ring (bicyclic) bond motifs is 1. The van der Waals surface area contributed by atoms with Crippen molar-refractivity contribution in [3.8, 4) is 0 Å². The fourth-order valence-electron chi connectivity index (χ4n) is 2.69. The van der Waals surface area contributed by atoms with E-state index in [2.05, 4.69) is 10.3 Å². The Bertz CT molecular complexity index is 839. The van der Waals surface area contributed by atoms with E-state index in [1.54, 1.807) is 11.0 Å². The molecular formula is C19H23N3O3S. The summed E-state index contributed by atoms with van der Waals surface area (Å²) in [4.78, 5) is 31.8. The molecule has 138 valence electrons. The number of thiazole rings is 1. The summed E-state index contributed by atoms with van der Waals surface area (Å²) in [5.41, 5.74) is 2.06. The summed E-state index contributed by atoms with van der Waals surface area (Å²) in [6.45, 7) is 8.53. The third-order valence-electron chi connectivity index (χ3n) is 3.88. The number of nitrogens with one attached hydrogen (secondary N) is 1. The predicted octanol–water partition coefficient (Wildman–Crippen LogP) is 4.00. The Hall–Kier alpha value is -2.41. The lowest BCUT2D eigenvalue weighted by molar-refractivity contribution is 0.0225. The topological polar surface area (TPSA) is 71.5 Å². The maximum Gasteiger partial charge on any atom is 0.410 e. The van der Waals surface area contributed by atoms with Crippen LogP contribution in [0.4, 0.5) is 9.93 Å². The smallest absolute Gasteiger partial charge is 0.410 e. The number of amides is 2. The Kier molecular flexibility index (Phi) is 5.00. The molecule has 7 heteroatoms. The molecule has 0 atom stereocenters. The number of carbonyl (C=O) groups is 2. The zero-order valence-electron chi connectivity index (χ0n) is 15.5. The van der Waals surface area contributed by atoms with E-state index in [1.165, 1.54) is 11.3 Å². The lowest BCUT2D eigenvalue weighted by Crippen LogP contribution is -2.39. The monoisotopic (exact) mass is 373 g/mol. The number of ether oxygens (including phenoxy) is 1. The van der Waals surface area contributed by atoms with Gasteiger partial charge in [0.05, 0.1) is 12.2 Å². The molecule has 2 heterocycles. The van der Waals surface area contributed by atoms with E-state index < -0.39 is 5.60 Å². The van der Waals surface area contributed by atoms with Crippen molar-refractivity contribution in [1.82, 2.24) is 9.88 Å². The van der Waals surface area contributed by atoms with Crippen molar-refractivity contribution >= 4 is 28.5 Å². The summed E-state index contributed by atoms with van der Waals surface area (Å²) in [5, 5.41) is 3.42. The third kappa shape index (κ3) is 4.40. The summed E-state index contributed by atoms with van der Waals surface area (Å²) < 4.78 is 5.43. The van der Waals surface area contributed by atoms with Crippen LogP contribution in [0, 0.1) is 6.92 Å². The summed E-state index contributed by atoms with van der Waals surface area (Å²) in [7, 11) is 0.